The molecule has 22 heavy (non-hydrogen) atoms. The van der Waals surface area contributed by atoms with Gasteiger partial charge in [-0.2, -0.15) is 0 Å². The predicted octanol–water partition coefficient (Wildman–Crippen LogP) is 6.34. The van der Waals surface area contributed by atoms with Crippen LogP contribution in [0.15, 0.2) is 58.5 Å². The van der Waals surface area contributed by atoms with Crippen LogP contribution in [-0.2, 0) is 0 Å². The maximum absolute atomic E-state index is 13.2. The van der Waals surface area contributed by atoms with Gasteiger partial charge in [0, 0.05) is 0 Å². The number of hydrogen-bond acceptors (Lipinski definition) is 0. The molecule has 0 heterocycles. The molecule has 1 unspecified atom stereocenters. The minimum Gasteiger partial charge on any atom is -0.246 e. The van der Waals surface area contributed by atoms with Gasteiger partial charge in [-0.05, 0) is 67.4 Å². The monoisotopic (exact) mass is 310 g/mol. The maximum Gasteiger partial charge on any atom is 0.141 e. The van der Waals surface area contributed by atoms with E-state index in [1.54, 1.807) is 6.08 Å². The second-order valence-corrected chi connectivity index (χ2v) is 5.88. The molecule has 1 aliphatic rings. The van der Waals surface area contributed by atoms with Crippen molar-refractivity contribution in [3.8, 4) is 0 Å². The third-order valence-corrected chi connectivity index (χ3v) is 4.03. The summed E-state index contributed by atoms with van der Waals surface area (Å²) in [7, 11) is 0. The highest BCUT2D eigenvalue weighted by Crippen LogP contribution is 2.28. The van der Waals surface area contributed by atoms with Gasteiger partial charge in [0.25, 0.3) is 0 Å². The molecule has 0 spiro atoms. The Morgan fingerprint density at radius 3 is 2.23 bits per heavy atom. The zero-order valence-electron chi connectivity index (χ0n) is 13.6. The molecule has 0 aromatic rings. The minimum atomic E-state index is -1.09. The first-order valence-electron chi connectivity index (χ1n) is 7.70. The van der Waals surface area contributed by atoms with E-state index in [2.05, 4.69) is 13.0 Å². The van der Waals surface area contributed by atoms with Crippen LogP contribution < -0.4 is 0 Å². The fourth-order valence-electron chi connectivity index (χ4n) is 2.24. The summed E-state index contributed by atoms with van der Waals surface area (Å²) in [5, 5.41) is 0. The Balaban J connectivity index is 2.85. The average molecular weight is 310 g/mol. The Labute approximate surface area is 131 Å². The summed E-state index contributed by atoms with van der Waals surface area (Å²) in [6, 6.07) is 0. The van der Waals surface area contributed by atoms with E-state index in [4.69, 9.17) is 0 Å². The lowest BCUT2D eigenvalue weighted by Crippen LogP contribution is -2.04. The highest BCUT2D eigenvalue weighted by Gasteiger charge is 2.12. The summed E-state index contributed by atoms with van der Waals surface area (Å²) in [5.41, 5.74) is 3.53. The molecule has 0 N–H and O–H groups in total. The van der Waals surface area contributed by atoms with Crippen molar-refractivity contribution in [2.45, 2.75) is 40.0 Å². The van der Waals surface area contributed by atoms with Crippen LogP contribution in [0.1, 0.15) is 40.0 Å². The Bertz CT molecular complexity index is 519. The lowest BCUT2D eigenvalue weighted by molar-refractivity contribution is 0.459. The zero-order chi connectivity index (χ0) is 16.5. The Morgan fingerprint density at radius 2 is 1.73 bits per heavy atom. The molecule has 0 bridgehead atoms. The van der Waals surface area contributed by atoms with E-state index in [0.29, 0.717) is 11.5 Å². The largest absolute Gasteiger partial charge is 0.246 e. The van der Waals surface area contributed by atoms with Crippen LogP contribution in [0.2, 0.25) is 0 Å². The molecule has 0 fully saturated rings. The van der Waals surface area contributed by atoms with Gasteiger partial charge in [-0.15, -0.1) is 0 Å². The van der Waals surface area contributed by atoms with Crippen molar-refractivity contribution in [1.82, 2.24) is 0 Å². The molecule has 0 saturated carbocycles. The smallest absolute Gasteiger partial charge is 0.141 e. The fourth-order valence-corrected chi connectivity index (χ4v) is 2.24. The van der Waals surface area contributed by atoms with E-state index >= 15 is 0 Å². The molecule has 0 radical (unpaired) electrons. The fraction of sp³-hybridized carbons (Fsp3) is 0.474. The van der Waals surface area contributed by atoms with E-state index in [1.165, 1.54) is 6.08 Å². The molecule has 1 atom stereocenters. The number of hydrogen-bond donors (Lipinski definition) is 0. The van der Waals surface area contributed by atoms with E-state index in [0.717, 1.165) is 42.1 Å². The van der Waals surface area contributed by atoms with Crippen molar-refractivity contribution in [1.29, 1.82) is 0 Å². The van der Waals surface area contributed by atoms with Crippen molar-refractivity contribution in [2.24, 2.45) is 5.92 Å². The summed E-state index contributed by atoms with van der Waals surface area (Å²) in [4.78, 5) is 0. The maximum atomic E-state index is 13.2. The van der Waals surface area contributed by atoms with E-state index in [1.807, 2.05) is 19.9 Å². The van der Waals surface area contributed by atoms with Crippen LogP contribution >= 0.6 is 0 Å². The zero-order valence-corrected chi connectivity index (χ0v) is 13.6. The minimum absolute atomic E-state index is 0.483. The first kappa shape index (κ1) is 18.5. The van der Waals surface area contributed by atoms with Crippen LogP contribution in [0.5, 0.6) is 0 Å². The van der Waals surface area contributed by atoms with Gasteiger partial charge in [-0.1, -0.05) is 31.2 Å². The van der Waals surface area contributed by atoms with Crippen molar-refractivity contribution in [3.63, 3.8) is 0 Å². The summed E-state index contributed by atoms with van der Waals surface area (Å²) in [6.45, 7) is 4.32. The third-order valence-electron chi connectivity index (χ3n) is 4.03. The average Bonchev–Trinajstić information content (AvgIpc) is 2.53. The molecule has 3 heteroatoms. The third kappa shape index (κ3) is 6.08. The summed E-state index contributed by atoms with van der Waals surface area (Å²) < 4.78 is 38.0. The van der Waals surface area contributed by atoms with E-state index in [9.17, 15) is 13.2 Å². The molecule has 0 nitrogen and oxygen atoms in total. The second-order valence-electron chi connectivity index (χ2n) is 5.88. The van der Waals surface area contributed by atoms with Crippen LogP contribution in [0.3, 0.4) is 0 Å². The van der Waals surface area contributed by atoms with Crippen molar-refractivity contribution >= 4 is 0 Å². The number of allylic oxidation sites excluding steroid dienone is 10. The molecule has 122 valence electrons. The molecule has 1 aliphatic carbocycles. The lowest BCUT2D eigenvalue weighted by Gasteiger charge is -2.19. The summed E-state index contributed by atoms with van der Waals surface area (Å²) >= 11 is 0. The molecular weight excluding hydrogens is 285 g/mol. The van der Waals surface area contributed by atoms with Crippen molar-refractivity contribution < 1.29 is 13.2 Å². The predicted molar refractivity (Wildman–Crippen MR) is 87.8 cm³/mol. The Hall–Kier alpha value is -1.51. The van der Waals surface area contributed by atoms with Gasteiger partial charge in [0.1, 0.15) is 19.2 Å². The molecule has 0 aromatic carbocycles. The number of halogens is 3. The lowest BCUT2D eigenvalue weighted by atomic mass is 9.87. The van der Waals surface area contributed by atoms with E-state index < -0.39 is 19.2 Å². The normalized spacial score (nSPS) is 21.9. The molecule has 0 aromatic heterocycles. The second kappa shape index (κ2) is 9.50. The standard InChI is InChI=1S/C19H25F3/c1-14-4-8-17(9-5-14)18(12-20)10-6-15(2)16(3)7-11-19(22)13-21/h6-8,10-11,14H,4-5,9,12-13H2,1-3H3/b15-6+,16-7+,18-10+,19-11+. The highest BCUT2D eigenvalue weighted by atomic mass is 19.2. The summed E-state index contributed by atoms with van der Waals surface area (Å²) in [5.74, 6) is -0.127. The van der Waals surface area contributed by atoms with Crippen molar-refractivity contribution in [3.05, 3.63) is 58.5 Å². The molecular formula is C19H25F3. The first-order chi connectivity index (χ1) is 10.5. The Kier molecular flexibility index (Phi) is 8.00. The molecule has 0 saturated heterocycles. The Morgan fingerprint density at radius 1 is 1.09 bits per heavy atom. The van der Waals surface area contributed by atoms with Crippen LogP contribution in [0, 0.1) is 5.92 Å². The topological polar surface area (TPSA) is 0 Å². The quantitative estimate of drug-likeness (QED) is 0.502. The SMILES string of the molecule is CC(=C\C=C(/CF)C1=CCC(C)CC1)/C(C)=C/C=C(/F)CF. The van der Waals surface area contributed by atoms with Gasteiger partial charge in [-0.25, -0.2) is 13.2 Å². The molecule has 1 rings (SSSR count). The first-order valence-corrected chi connectivity index (χ1v) is 7.70. The van der Waals surface area contributed by atoms with E-state index in [-0.39, 0.29) is 0 Å². The van der Waals surface area contributed by atoms with Gasteiger partial charge < -0.3 is 0 Å². The molecule has 0 amide bonds. The van der Waals surface area contributed by atoms with Gasteiger partial charge in [0.05, 0.1) is 0 Å². The van der Waals surface area contributed by atoms with Crippen LogP contribution in [0.4, 0.5) is 13.2 Å². The highest BCUT2D eigenvalue weighted by molar-refractivity contribution is 5.39. The van der Waals surface area contributed by atoms with Crippen molar-refractivity contribution in [2.75, 3.05) is 13.3 Å². The molecule has 0 aliphatic heterocycles. The van der Waals surface area contributed by atoms with Gasteiger partial charge in [0.2, 0.25) is 0 Å². The van der Waals surface area contributed by atoms with Gasteiger partial charge in [0.15, 0.2) is 0 Å². The van der Waals surface area contributed by atoms with Gasteiger partial charge >= 0.3 is 0 Å². The summed E-state index contributed by atoms with van der Waals surface area (Å²) in [6.07, 6.45) is 11.4. The van der Waals surface area contributed by atoms with Crippen LogP contribution in [-0.4, -0.2) is 13.3 Å². The number of rotatable bonds is 6. The van der Waals surface area contributed by atoms with Gasteiger partial charge in [-0.3, -0.25) is 0 Å². The van der Waals surface area contributed by atoms with Crippen LogP contribution in [0.25, 0.3) is 0 Å². The number of alkyl halides is 2.